The van der Waals surface area contributed by atoms with Crippen molar-refractivity contribution in [2.75, 3.05) is 5.75 Å². The van der Waals surface area contributed by atoms with Crippen molar-refractivity contribution in [2.45, 2.75) is 44.5 Å². The lowest BCUT2D eigenvalue weighted by molar-refractivity contribution is -0.186. The molecule has 8 nitrogen and oxygen atoms in total. The van der Waals surface area contributed by atoms with Crippen molar-refractivity contribution >= 4 is 45.6 Å². The lowest BCUT2D eigenvalue weighted by Crippen LogP contribution is -2.55. The second kappa shape index (κ2) is 9.22. The second-order valence-electron chi connectivity index (χ2n) is 5.42. The number of nitrogens with zero attached hydrogens (tertiary/aromatic N) is 1. The Hall–Kier alpha value is -1.81. The first kappa shape index (κ1) is 20.5. The van der Waals surface area contributed by atoms with Crippen LogP contribution in [0.15, 0.2) is 22.9 Å². The van der Waals surface area contributed by atoms with E-state index in [1.54, 1.807) is 12.3 Å². The minimum Gasteiger partial charge on any atom is -0.473 e. The highest BCUT2D eigenvalue weighted by Crippen LogP contribution is 2.35. The number of halogens is 1. The van der Waals surface area contributed by atoms with Crippen molar-refractivity contribution in [1.29, 1.82) is 0 Å². The van der Waals surface area contributed by atoms with Crippen molar-refractivity contribution in [3.63, 3.8) is 0 Å². The predicted octanol–water partition coefficient (Wildman–Crippen LogP) is 2.09. The number of aromatic nitrogens is 1. The quantitative estimate of drug-likeness (QED) is 0.495. The predicted molar refractivity (Wildman–Crippen MR) is 95.5 cm³/mol. The summed E-state index contributed by atoms with van der Waals surface area (Å²) in [4.78, 5) is 38.5. The molecule has 142 valence electrons. The van der Waals surface area contributed by atoms with Gasteiger partial charge in [0, 0.05) is 32.7 Å². The van der Waals surface area contributed by atoms with Gasteiger partial charge in [0.15, 0.2) is 29.5 Å². The highest BCUT2D eigenvalue weighted by Gasteiger charge is 2.47. The van der Waals surface area contributed by atoms with E-state index in [0.717, 1.165) is 0 Å². The van der Waals surface area contributed by atoms with Gasteiger partial charge in [0.1, 0.15) is 0 Å². The maximum Gasteiger partial charge on any atom is 0.303 e. The van der Waals surface area contributed by atoms with Crippen LogP contribution in [-0.4, -0.2) is 52.4 Å². The van der Waals surface area contributed by atoms with Crippen molar-refractivity contribution < 1.29 is 33.3 Å². The van der Waals surface area contributed by atoms with Crippen molar-refractivity contribution in [2.24, 2.45) is 0 Å². The summed E-state index contributed by atoms with van der Waals surface area (Å²) in [6.07, 6.45) is 0.387. The molecule has 26 heavy (non-hydrogen) atoms. The van der Waals surface area contributed by atoms with E-state index in [1.807, 2.05) is 0 Å². The molecule has 0 amide bonds. The van der Waals surface area contributed by atoms with Gasteiger partial charge in [-0.05, 0) is 22.0 Å². The number of esters is 3. The largest absolute Gasteiger partial charge is 0.473 e. The van der Waals surface area contributed by atoms with Crippen LogP contribution in [0, 0.1) is 0 Å². The number of carbonyl (C=O) groups is 3. The van der Waals surface area contributed by atoms with Crippen LogP contribution >= 0.6 is 27.7 Å². The fourth-order valence-electron chi connectivity index (χ4n) is 2.38. The molecule has 1 fully saturated rings. The van der Waals surface area contributed by atoms with E-state index in [1.165, 1.54) is 38.7 Å². The van der Waals surface area contributed by atoms with Crippen LogP contribution in [0.3, 0.4) is 0 Å². The Morgan fingerprint density at radius 1 is 1.08 bits per heavy atom. The van der Waals surface area contributed by atoms with Gasteiger partial charge in [0.05, 0.1) is 10.7 Å². The number of thioether (sulfide) groups is 1. The number of ether oxygens (including phenoxy) is 4. The number of rotatable bonds is 5. The maximum atomic E-state index is 11.6. The first-order valence-corrected chi connectivity index (χ1v) is 9.51. The molecule has 10 heteroatoms. The van der Waals surface area contributed by atoms with Gasteiger partial charge >= 0.3 is 17.9 Å². The molecule has 0 spiro atoms. The van der Waals surface area contributed by atoms with Crippen molar-refractivity contribution in [3.8, 4) is 5.75 Å². The monoisotopic (exact) mass is 447 g/mol. The molecular formula is C16H18BrNO7S. The summed E-state index contributed by atoms with van der Waals surface area (Å²) in [5.74, 6) is -0.941. The summed E-state index contributed by atoms with van der Waals surface area (Å²) in [6, 6.07) is 1.70. The summed E-state index contributed by atoms with van der Waals surface area (Å²) >= 11 is 4.64. The van der Waals surface area contributed by atoms with Crippen LogP contribution < -0.4 is 4.74 Å². The Balaban J connectivity index is 2.29. The van der Waals surface area contributed by atoms with E-state index in [0.29, 0.717) is 16.0 Å². The van der Waals surface area contributed by atoms with Gasteiger partial charge in [-0.1, -0.05) is 0 Å². The first-order valence-electron chi connectivity index (χ1n) is 7.67. The Bertz CT molecular complexity index is 686. The minimum atomic E-state index is -0.984. The number of hydrogen-bond acceptors (Lipinski definition) is 9. The molecule has 2 rings (SSSR count). The molecule has 0 aliphatic carbocycles. The third kappa shape index (κ3) is 5.60. The summed E-state index contributed by atoms with van der Waals surface area (Å²) in [5.41, 5.74) is -0.685. The Kier molecular flexibility index (Phi) is 7.27. The van der Waals surface area contributed by atoms with E-state index < -0.39 is 41.7 Å². The van der Waals surface area contributed by atoms with Gasteiger partial charge in [-0.25, -0.2) is 0 Å². The molecule has 1 aliphatic heterocycles. The summed E-state index contributed by atoms with van der Waals surface area (Å²) < 4.78 is 22.5. The van der Waals surface area contributed by atoms with E-state index in [2.05, 4.69) is 20.9 Å². The lowest BCUT2D eigenvalue weighted by Gasteiger charge is -2.39. The Morgan fingerprint density at radius 3 is 2.27 bits per heavy atom. The molecule has 4 atom stereocenters. The number of carbonyl (C=O) groups excluding carboxylic acids is 3. The van der Waals surface area contributed by atoms with E-state index in [4.69, 9.17) is 18.9 Å². The smallest absolute Gasteiger partial charge is 0.303 e. The molecule has 0 unspecified atom stereocenters. The second-order valence-corrected chi connectivity index (χ2v) is 7.41. The molecule has 0 N–H and O–H groups in total. The van der Waals surface area contributed by atoms with Crippen LogP contribution in [-0.2, 0) is 28.6 Å². The molecule has 0 saturated carbocycles. The molecule has 0 bridgehead atoms. The lowest BCUT2D eigenvalue weighted by atomic mass is 10.1. The summed E-state index contributed by atoms with van der Waals surface area (Å²) in [6.45, 7) is 3.72. The van der Waals surface area contributed by atoms with E-state index in [9.17, 15) is 14.4 Å². The first-order chi connectivity index (χ1) is 12.3. The van der Waals surface area contributed by atoms with Gasteiger partial charge in [-0.2, -0.15) is 0 Å². The minimum absolute atomic E-state index is 0.303. The average Bonchev–Trinajstić information content (AvgIpc) is 2.53. The number of hydrogen-bond donors (Lipinski definition) is 0. The summed E-state index contributed by atoms with van der Waals surface area (Å²) in [7, 11) is 0. The zero-order chi connectivity index (χ0) is 19.3. The standard InChI is InChI=1S/C16H18BrNO7S/c1-8(19)22-13-7-26-16(25-12-6-18-5-4-11(12)17)15(24-10(3)21)14(13)23-9(2)20/h4-6,13-16H,7H2,1-3H3/t13-,14+,15-,16-/m1/s1. The molecule has 1 aromatic heterocycles. The highest BCUT2D eigenvalue weighted by molar-refractivity contribution is 9.10. The van der Waals surface area contributed by atoms with Crippen LogP contribution in [0.1, 0.15) is 20.8 Å². The SMILES string of the molecule is CC(=O)O[C@@H]1[C@@H](OC(C)=O)[C@H](OC(C)=O)CS[C@H]1Oc1cnccc1Br. The fourth-order valence-corrected chi connectivity index (χ4v) is 3.91. The molecule has 2 heterocycles. The van der Waals surface area contributed by atoms with E-state index in [-0.39, 0.29) is 0 Å². The molecular weight excluding hydrogens is 430 g/mol. The normalized spacial score (nSPS) is 25.1. The topological polar surface area (TPSA) is 101 Å². The zero-order valence-corrected chi connectivity index (χ0v) is 16.7. The average molecular weight is 448 g/mol. The zero-order valence-electron chi connectivity index (χ0n) is 14.3. The Labute approximate surface area is 163 Å². The summed E-state index contributed by atoms with van der Waals surface area (Å²) in [5, 5.41) is 0. The number of pyridine rings is 1. The molecule has 1 aliphatic rings. The molecule has 1 saturated heterocycles. The maximum absolute atomic E-state index is 11.6. The molecule has 1 aromatic rings. The van der Waals surface area contributed by atoms with Gasteiger partial charge < -0.3 is 18.9 Å². The molecule has 0 radical (unpaired) electrons. The van der Waals surface area contributed by atoms with Crippen LogP contribution in [0.4, 0.5) is 0 Å². The van der Waals surface area contributed by atoms with Gasteiger partial charge in [0.2, 0.25) is 0 Å². The van der Waals surface area contributed by atoms with Crippen LogP contribution in [0.25, 0.3) is 0 Å². The van der Waals surface area contributed by atoms with Crippen LogP contribution in [0.5, 0.6) is 5.75 Å². The van der Waals surface area contributed by atoms with Gasteiger partial charge in [-0.3, -0.25) is 19.4 Å². The highest BCUT2D eigenvalue weighted by atomic mass is 79.9. The van der Waals surface area contributed by atoms with Crippen molar-refractivity contribution in [1.82, 2.24) is 4.98 Å². The Morgan fingerprint density at radius 2 is 1.69 bits per heavy atom. The van der Waals surface area contributed by atoms with Crippen molar-refractivity contribution in [3.05, 3.63) is 22.9 Å². The fraction of sp³-hybridized carbons (Fsp3) is 0.500. The van der Waals surface area contributed by atoms with E-state index >= 15 is 0 Å². The third-order valence-corrected chi connectivity index (χ3v) is 5.15. The third-order valence-electron chi connectivity index (χ3n) is 3.28. The van der Waals surface area contributed by atoms with Gasteiger partial charge in [0.25, 0.3) is 0 Å². The van der Waals surface area contributed by atoms with Gasteiger partial charge in [-0.15, -0.1) is 11.8 Å². The van der Waals surface area contributed by atoms with Crippen LogP contribution in [0.2, 0.25) is 0 Å². The molecule has 0 aromatic carbocycles.